The summed E-state index contributed by atoms with van der Waals surface area (Å²) >= 11 is 3.39. The van der Waals surface area contributed by atoms with Gasteiger partial charge >= 0.3 is 0 Å². The molecule has 1 fully saturated rings. The first kappa shape index (κ1) is 21.0. The van der Waals surface area contributed by atoms with Crippen LogP contribution in [-0.4, -0.2) is 31.7 Å². The molecule has 8 heteroatoms. The van der Waals surface area contributed by atoms with Gasteiger partial charge in [-0.1, -0.05) is 28.1 Å². The van der Waals surface area contributed by atoms with Crippen molar-refractivity contribution in [3.63, 3.8) is 0 Å². The number of piperidine rings is 1. The van der Waals surface area contributed by atoms with E-state index in [1.54, 1.807) is 0 Å². The summed E-state index contributed by atoms with van der Waals surface area (Å²) in [4.78, 5) is 12.8. The maximum absolute atomic E-state index is 13.1. The second kappa shape index (κ2) is 8.71. The van der Waals surface area contributed by atoms with Gasteiger partial charge in [-0.25, -0.2) is 12.8 Å². The quantitative estimate of drug-likeness (QED) is 0.723. The predicted octanol–water partition coefficient (Wildman–Crippen LogP) is 3.87. The molecule has 5 nitrogen and oxygen atoms in total. The molecule has 0 aliphatic carbocycles. The van der Waals surface area contributed by atoms with Crippen molar-refractivity contribution in [2.75, 3.05) is 13.1 Å². The van der Waals surface area contributed by atoms with Gasteiger partial charge < -0.3 is 5.32 Å². The Morgan fingerprint density at radius 1 is 1.18 bits per heavy atom. The van der Waals surface area contributed by atoms with E-state index in [0.717, 1.165) is 22.2 Å². The summed E-state index contributed by atoms with van der Waals surface area (Å²) in [5.41, 5.74) is 0.975. The largest absolute Gasteiger partial charge is 0.349 e. The number of hydrogen-bond donors (Lipinski definition) is 1. The maximum atomic E-state index is 13.1. The van der Waals surface area contributed by atoms with E-state index >= 15 is 0 Å². The van der Waals surface area contributed by atoms with Gasteiger partial charge in [-0.3, -0.25) is 4.79 Å². The Balaban J connectivity index is 1.67. The number of halogens is 2. The first-order valence-electron chi connectivity index (χ1n) is 9.09. The van der Waals surface area contributed by atoms with Crippen molar-refractivity contribution in [3.8, 4) is 0 Å². The summed E-state index contributed by atoms with van der Waals surface area (Å²) in [6.45, 7) is 2.38. The highest BCUT2D eigenvalue weighted by Gasteiger charge is 2.33. The average Bonchev–Trinajstić information content (AvgIpc) is 2.69. The fraction of sp³-hybridized carbons (Fsp3) is 0.350. The Bertz CT molecular complexity index is 933. The highest BCUT2D eigenvalue weighted by Crippen LogP contribution is 2.25. The second-order valence-corrected chi connectivity index (χ2v) is 9.79. The number of amides is 1. The lowest BCUT2D eigenvalue weighted by molar-refractivity contribution is -0.126. The van der Waals surface area contributed by atoms with Crippen LogP contribution in [0.1, 0.15) is 31.4 Å². The molecule has 0 saturated carbocycles. The highest BCUT2D eigenvalue weighted by atomic mass is 79.9. The van der Waals surface area contributed by atoms with Crippen LogP contribution in [0.25, 0.3) is 0 Å². The molecule has 150 valence electrons. The van der Waals surface area contributed by atoms with Gasteiger partial charge in [-0.15, -0.1) is 0 Å². The van der Waals surface area contributed by atoms with Gasteiger partial charge in [-0.05, 0) is 61.7 Å². The first-order chi connectivity index (χ1) is 13.3. The van der Waals surface area contributed by atoms with Crippen LogP contribution in [-0.2, 0) is 14.8 Å². The van der Waals surface area contributed by atoms with Crippen LogP contribution in [0.15, 0.2) is 57.9 Å². The molecule has 0 spiro atoms. The zero-order valence-electron chi connectivity index (χ0n) is 15.4. The lowest BCUT2D eigenvalue weighted by Gasteiger charge is -2.32. The normalized spacial score (nSPS) is 19.2. The molecule has 2 unspecified atom stereocenters. The lowest BCUT2D eigenvalue weighted by atomic mass is 9.98. The molecule has 2 aromatic carbocycles. The van der Waals surface area contributed by atoms with Gasteiger partial charge in [0.05, 0.1) is 16.9 Å². The molecule has 1 aliphatic rings. The number of benzene rings is 2. The molecule has 0 bridgehead atoms. The predicted molar refractivity (Wildman–Crippen MR) is 109 cm³/mol. The van der Waals surface area contributed by atoms with Crippen molar-refractivity contribution in [1.29, 1.82) is 0 Å². The summed E-state index contributed by atoms with van der Waals surface area (Å²) in [6, 6.07) is 12.3. The monoisotopic (exact) mass is 468 g/mol. The van der Waals surface area contributed by atoms with Crippen molar-refractivity contribution in [2.45, 2.75) is 30.7 Å². The molecule has 3 rings (SSSR count). The van der Waals surface area contributed by atoms with Crippen LogP contribution < -0.4 is 5.32 Å². The van der Waals surface area contributed by atoms with E-state index in [9.17, 15) is 17.6 Å². The Hall–Kier alpha value is -1.77. The third-order valence-corrected chi connectivity index (χ3v) is 7.34. The second-order valence-electron chi connectivity index (χ2n) is 6.94. The maximum Gasteiger partial charge on any atom is 0.243 e. The van der Waals surface area contributed by atoms with E-state index < -0.39 is 21.8 Å². The van der Waals surface area contributed by atoms with Crippen molar-refractivity contribution in [2.24, 2.45) is 5.92 Å². The minimum absolute atomic E-state index is 0.0400. The van der Waals surface area contributed by atoms with E-state index in [-0.39, 0.29) is 23.4 Å². The minimum Gasteiger partial charge on any atom is -0.349 e. The van der Waals surface area contributed by atoms with Crippen LogP contribution in [0, 0.1) is 11.7 Å². The molecular weight excluding hydrogens is 447 g/mol. The SMILES string of the molecule is CC(NC(=O)C1CCCN(S(=O)(=O)c2ccc(F)cc2)C1)c1ccc(Br)cc1. The fourth-order valence-corrected chi connectivity index (χ4v) is 5.08. The Kier molecular flexibility index (Phi) is 6.52. The molecule has 0 aromatic heterocycles. The topological polar surface area (TPSA) is 66.5 Å². The van der Waals surface area contributed by atoms with Crippen LogP contribution in [0.3, 0.4) is 0 Å². The molecule has 2 atom stereocenters. The Labute approximate surface area is 173 Å². The van der Waals surface area contributed by atoms with Gasteiger partial charge in [0.2, 0.25) is 15.9 Å². The lowest BCUT2D eigenvalue weighted by Crippen LogP contribution is -2.45. The first-order valence-corrected chi connectivity index (χ1v) is 11.3. The summed E-state index contributed by atoms with van der Waals surface area (Å²) in [5.74, 6) is -1.06. The van der Waals surface area contributed by atoms with Crippen molar-refractivity contribution < 1.29 is 17.6 Å². The van der Waals surface area contributed by atoms with Crippen LogP contribution in [0.4, 0.5) is 4.39 Å². The van der Waals surface area contributed by atoms with Gasteiger partial charge in [-0.2, -0.15) is 4.31 Å². The molecule has 1 N–H and O–H groups in total. The molecule has 1 heterocycles. The minimum atomic E-state index is -3.75. The summed E-state index contributed by atoms with van der Waals surface area (Å²) in [5, 5.41) is 2.98. The zero-order chi connectivity index (χ0) is 20.3. The molecule has 1 aliphatic heterocycles. The number of carbonyl (C=O) groups is 1. The molecule has 2 aromatic rings. The number of carbonyl (C=O) groups excluding carboxylic acids is 1. The Morgan fingerprint density at radius 2 is 1.82 bits per heavy atom. The van der Waals surface area contributed by atoms with Gasteiger partial charge in [0.1, 0.15) is 5.82 Å². The smallest absolute Gasteiger partial charge is 0.243 e. The van der Waals surface area contributed by atoms with E-state index in [1.807, 2.05) is 31.2 Å². The number of nitrogens with one attached hydrogen (secondary N) is 1. The van der Waals surface area contributed by atoms with Crippen molar-refractivity contribution >= 4 is 31.9 Å². The number of hydrogen-bond acceptors (Lipinski definition) is 3. The van der Waals surface area contributed by atoms with E-state index in [2.05, 4.69) is 21.2 Å². The Morgan fingerprint density at radius 3 is 2.46 bits per heavy atom. The van der Waals surface area contributed by atoms with Crippen molar-refractivity contribution in [3.05, 3.63) is 64.4 Å². The van der Waals surface area contributed by atoms with E-state index in [0.29, 0.717) is 19.4 Å². The van der Waals surface area contributed by atoms with Crippen LogP contribution >= 0.6 is 15.9 Å². The van der Waals surface area contributed by atoms with E-state index in [1.165, 1.54) is 16.4 Å². The molecule has 1 saturated heterocycles. The number of nitrogens with zero attached hydrogens (tertiary/aromatic N) is 1. The summed E-state index contributed by atoms with van der Waals surface area (Å²) in [6.07, 6.45) is 1.24. The van der Waals surface area contributed by atoms with Gasteiger partial charge in [0, 0.05) is 17.6 Å². The van der Waals surface area contributed by atoms with Gasteiger partial charge in [0.15, 0.2) is 0 Å². The standard InChI is InChI=1S/C20H22BrFN2O3S/c1-14(15-4-6-17(21)7-5-15)23-20(25)16-3-2-12-24(13-16)28(26,27)19-10-8-18(22)9-11-19/h4-11,14,16H,2-3,12-13H2,1H3,(H,23,25). The summed E-state index contributed by atoms with van der Waals surface area (Å²) < 4.78 is 41.0. The number of sulfonamides is 1. The van der Waals surface area contributed by atoms with Crippen molar-refractivity contribution in [1.82, 2.24) is 9.62 Å². The average molecular weight is 469 g/mol. The molecule has 1 amide bonds. The zero-order valence-corrected chi connectivity index (χ0v) is 17.8. The fourth-order valence-electron chi connectivity index (χ4n) is 3.30. The molecule has 0 radical (unpaired) electrons. The van der Waals surface area contributed by atoms with Gasteiger partial charge in [0.25, 0.3) is 0 Å². The molecule has 28 heavy (non-hydrogen) atoms. The third-order valence-electron chi connectivity index (χ3n) is 4.94. The highest BCUT2D eigenvalue weighted by molar-refractivity contribution is 9.10. The van der Waals surface area contributed by atoms with Crippen LogP contribution in [0.5, 0.6) is 0 Å². The third kappa shape index (κ3) is 4.79. The van der Waals surface area contributed by atoms with Crippen LogP contribution in [0.2, 0.25) is 0 Å². The number of rotatable bonds is 5. The summed E-state index contributed by atoms with van der Waals surface area (Å²) in [7, 11) is -3.75. The molecular formula is C20H22BrFN2O3S. The van der Waals surface area contributed by atoms with E-state index in [4.69, 9.17) is 0 Å².